The summed E-state index contributed by atoms with van der Waals surface area (Å²) in [4.78, 5) is 2.29. The van der Waals surface area contributed by atoms with Gasteiger partial charge in [0, 0.05) is 26.2 Å². The van der Waals surface area contributed by atoms with Crippen molar-refractivity contribution in [2.75, 3.05) is 20.3 Å². The van der Waals surface area contributed by atoms with Crippen LogP contribution in [-0.4, -0.2) is 36.4 Å². The van der Waals surface area contributed by atoms with Crippen LogP contribution < -0.4 is 4.74 Å². The van der Waals surface area contributed by atoms with Crippen LogP contribution in [0.5, 0.6) is 11.5 Å². The lowest BCUT2D eigenvalue weighted by Crippen LogP contribution is -2.31. The molecule has 0 amide bonds. The zero-order chi connectivity index (χ0) is 17.6. The van der Waals surface area contributed by atoms with E-state index in [4.69, 9.17) is 9.47 Å². The van der Waals surface area contributed by atoms with E-state index in [-0.39, 0.29) is 17.7 Å². The van der Waals surface area contributed by atoms with E-state index in [2.05, 4.69) is 4.90 Å². The first-order chi connectivity index (χ1) is 12.1. The van der Waals surface area contributed by atoms with E-state index in [0.717, 1.165) is 37.1 Å². The lowest BCUT2D eigenvalue weighted by atomic mass is 10.1. The van der Waals surface area contributed by atoms with Gasteiger partial charge in [0.2, 0.25) is 0 Å². The van der Waals surface area contributed by atoms with E-state index < -0.39 is 0 Å². The van der Waals surface area contributed by atoms with Crippen molar-refractivity contribution in [3.05, 3.63) is 59.4 Å². The Morgan fingerprint density at radius 2 is 1.88 bits per heavy atom. The van der Waals surface area contributed by atoms with Gasteiger partial charge in [-0.2, -0.15) is 0 Å². The first-order valence-electron chi connectivity index (χ1n) is 8.58. The molecule has 1 fully saturated rings. The molecular formula is C20H24FNO3. The number of hydrogen-bond acceptors (Lipinski definition) is 4. The lowest BCUT2D eigenvalue weighted by molar-refractivity contribution is 0.0679. The fourth-order valence-corrected chi connectivity index (χ4v) is 3.19. The Labute approximate surface area is 147 Å². The number of nitrogens with zero attached hydrogens (tertiary/aromatic N) is 1. The van der Waals surface area contributed by atoms with E-state index in [1.165, 1.54) is 12.1 Å². The Kier molecular flexibility index (Phi) is 5.89. The molecule has 0 saturated carbocycles. The van der Waals surface area contributed by atoms with Crippen molar-refractivity contribution in [3.8, 4) is 11.5 Å². The maximum atomic E-state index is 13.1. The molecule has 1 aliphatic rings. The predicted octanol–water partition coefficient (Wildman–Crippen LogP) is 3.72. The molecule has 1 unspecified atom stereocenters. The summed E-state index contributed by atoms with van der Waals surface area (Å²) in [6.45, 7) is 3.06. The smallest absolute Gasteiger partial charge is 0.160 e. The van der Waals surface area contributed by atoms with E-state index in [1.807, 2.05) is 24.3 Å². The second kappa shape index (κ2) is 8.32. The van der Waals surface area contributed by atoms with Crippen molar-refractivity contribution in [1.82, 2.24) is 4.90 Å². The van der Waals surface area contributed by atoms with Crippen molar-refractivity contribution in [2.45, 2.75) is 32.0 Å². The number of methoxy groups -OCH3 is 1. The van der Waals surface area contributed by atoms with Crippen molar-refractivity contribution in [1.29, 1.82) is 0 Å². The second-order valence-corrected chi connectivity index (χ2v) is 6.44. The Balaban J connectivity index is 1.73. The van der Waals surface area contributed by atoms with Crippen LogP contribution in [0.4, 0.5) is 4.39 Å². The molecule has 2 aromatic rings. The quantitative estimate of drug-likeness (QED) is 0.830. The molecule has 0 bridgehead atoms. The highest BCUT2D eigenvalue weighted by molar-refractivity contribution is 5.41. The van der Waals surface area contributed by atoms with Crippen LogP contribution in [-0.2, 0) is 17.8 Å². The Bertz CT molecular complexity index is 684. The van der Waals surface area contributed by atoms with Gasteiger partial charge in [-0.15, -0.1) is 0 Å². The molecule has 0 radical (unpaired) electrons. The minimum absolute atomic E-state index is 0.135. The van der Waals surface area contributed by atoms with E-state index in [9.17, 15) is 9.50 Å². The van der Waals surface area contributed by atoms with Crippen LogP contribution in [0, 0.1) is 5.82 Å². The summed E-state index contributed by atoms with van der Waals surface area (Å²) in [5, 5.41) is 9.77. The van der Waals surface area contributed by atoms with Crippen LogP contribution in [0.15, 0.2) is 42.5 Å². The minimum atomic E-state index is -0.224. The zero-order valence-electron chi connectivity index (χ0n) is 14.5. The number of ether oxygens (including phenoxy) is 2. The number of aromatic hydroxyl groups is 1. The average Bonchev–Trinajstić information content (AvgIpc) is 3.11. The van der Waals surface area contributed by atoms with Gasteiger partial charge in [-0.25, -0.2) is 4.39 Å². The second-order valence-electron chi connectivity index (χ2n) is 6.44. The molecule has 25 heavy (non-hydrogen) atoms. The van der Waals surface area contributed by atoms with E-state index >= 15 is 0 Å². The highest BCUT2D eigenvalue weighted by Crippen LogP contribution is 2.27. The molecule has 1 heterocycles. The summed E-state index contributed by atoms with van der Waals surface area (Å²) in [5.41, 5.74) is 2.11. The molecule has 1 saturated heterocycles. The normalized spacial score (nSPS) is 17.2. The SMILES string of the molecule is COc1cc(CN(Cc2ccc(F)cc2)CC2CCCO2)ccc1O. The fourth-order valence-electron chi connectivity index (χ4n) is 3.19. The number of phenols is 1. The van der Waals surface area contributed by atoms with Gasteiger partial charge in [0.25, 0.3) is 0 Å². The van der Waals surface area contributed by atoms with Crippen LogP contribution in [0.1, 0.15) is 24.0 Å². The van der Waals surface area contributed by atoms with Gasteiger partial charge in [-0.1, -0.05) is 18.2 Å². The Morgan fingerprint density at radius 1 is 1.16 bits per heavy atom. The van der Waals surface area contributed by atoms with Crippen LogP contribution in [0.2, 0.25) is 0 Å². The molecule has 5 heteroatoms. The molecule has 1 atom stereocenters. The first-order valence-corrected chi connectivity index (χ1v) is 8.58. The Hall–Kier alpha value is -2.11. The minimum Gasteiger partial charge on any atom is -0.504 e. The first kappa shape index (κ1) is 17.7. The monoisotopic (exact) mass is 345 g/mol. The molecule has 0 aromatic heterocycles. The molecule has 2 aromatic carbocycles. The standard InChI is InChI=1S/C20H24FNO3/c1-24-20-11-16(6-9-19(20)23)13-22(14-18-3-2-10-25-18)12-15-4-7-17(21)8-5-15/h4-9,11,18,23H,2-3,10,12-14H2,1H3. The maximum absolute atomic E-state index is 13.1. The summed E-state index contributed by atoms with van der Waals surface area (Å²) < 4.78 is 24.1. The maximum Gasteiger partial charge on any atom is 0.160 e. The van der Waals surface area contributed by atoms with Gasteiger partial charge in [0.05, 0.1) is 13.2 Å². The third-order valence-electron chi connectivity index (χ3n) is 4.46. The largest absolute Gasteiger partial charge is 0.504 e. The van der Waals surface area contributed by atoms with Gasteiger partial charge < -0.3 is 14.6 Å². The molecule has 1 aliphatic heterocycles. The van der Waals surface area contributed by atoms with Crippen molar-refractivity contribution in [2.24, 2.45) is 0 Å². The topological polar surface area (TPSA) is 41.9 Å². The van der Waals surface area contributed by atoms with Gasteiger partial charge in [0.1, 0.15) is 5.82 Å². The summed E-state index contributed by atoms with van der Waals surface area (Å²) >= 11 is 0. The molecule has 0 aliphatic carbocycles. The van der Waals surface area contributed by atoms with Crippen LogP contribution >= 0.6 is 0 Å². The van der Waals surface area contributed by atoms with Gasteiger partial charge in [0.15, 0.2) is 11.5 Å². The molecule has 134 valence electrons. The van der Waals surface area contributed by atoms with Crippen molar-refractivity contribution < 1.29 is 19.0 Å². The summed E-state index contributed by atoms with van der Waals surface area (Å²) in [6, 6.07) is 12.0. The van der Waals surface area contributed by atoms with Gasteiger partial charge in [-0.05, 0) is 48.2 Å². The summed E-state index contributed by atoms with van der Waals surface area (Å²) in [7, 11) is 1.54. The van der Waals surface area contributed by atoms with E-state index in [1.54, 1.807) is 13.2 Å². The number of benzene rings is 2. The molecule has 3 rings (SSSR count). The molecule has 1 N–H and O–H groups in total. The lowest BCUT2D eigenvalue weighted by Gasteiger charge is -2.25. The number of halogens is 1. The fraction of sp³-hybridized carbons (Fsp3) is 0.400. The molecule has 4 nitrogen and oxygen atoms in total. The van der Waals surface area contributed by atoms with Crippen molar-refractivity contribution in [3.63, 3.8) is 0 Å². The third kappa shape index (κ3) is 4.94. The van der Waals surface area contributed by atoms with Gasteiger partial charge in [-0.3, -0.25) is 4.90 Å². The Morgan fingerprint density at radius 3 is 2.56 bits per heavy atom. The van der Waals surface area contributed by atoms with E-state index in [0.29, 0.717) is 18.8 Å². The summed E-state index contributed by atoms with van der Waals surface area (Å²) in [5.74, 6) is 0.379. The number of rotatable bonds is 7. The van der Waals surface area contributed by atoms with Crippen LogP contribution in [0.25, 0.3) is 0 Å². The molecular weight excluding hydrogens is 321 g/mol. The zero-order valence-corrected chi connectivity index (χ0v) is 14.5. The van der Waals surface area contributed by atoms with Crippen LogP contribution in [0.3, 0.4) is 0 Å². The third-order valence-corrected chi connectivity index (χ3v) is 4.46. The highest BCUT2D eigenvalue weighted by Gasteiger charge is 2.20. The highest BCUT2D eigenvalue weighted by atomic mass is 19.1. The summed E-state index contributed by atoms with van der Waals surface area (Å²) in [6.07, 6.45) is 2.40. The molecule has 0 spiro atoms. The number of phenolic OH excluding ortho intramolecular Hbond substituents is 1. The van der Waals surface area contributed by atoms with Gasteiger partial charge >= 0.3 is 0 Å². The van der Waals surface area contributed by atoms with Crippen molar-refractivity contribution >= 4 is 0 Å². The average molecular weight is 345 g/mol. The predicted molar refractivity (Wildman–Crippen MR) is 94.1 cm³/mol. The number of hydrogen-bond donors (Lipinski definition) is 1.